The topological polar surface area (TPSA) is 35.5 Å². The Hall–Kier alpha value is -1.61. The summed E-state index contributed by atoms with van der Waals surface area (Å²) in [7, 11) is 4.86. The molecule has 0 saturated heterocycles. The van der Waals surface area contributed by atoms with Gasteiger partial charge in [-0.1, -0.05) is 6.08 Å². The Morgan fingerprint density at radius 3 is 2.00 bits per heavy atom. The van der Waals surface area contributed by atoms with Crippen molar-refractivity contribution in [3.63, 3.8) is 0 Å². The molecular formula is C14H22O3. The molecule has 1 rings (SSSR count). The minimum Gasteiger partial charge on any atom is -0.496 e. The van der Waals surface area contributed by atoms with Crippen LogP contribution in [0.4, 0.5) is 0 Å². The first-order chi connectivity index (χ1) is 8.10. The largest absolute Gasteiger partial charge is 0.496 e. The highest BCUT2D eigenvalue weighted by molar-refractivity contribution is 5.75. The number of ether oxygens (including phenoxy) is 2. The molecule has 3 heteroatoms. The van der Waals surface area contributed by atoms with Crippen molar-refractivity contribution in [1.82, 2.24) is 0 Å². The van der Waals surface area contributed by atoms with E-state index in [0.717, 1.165) is 17.6 Å². The van der Waals surface area contributed by atoms with Gasteiger partial charge in [-0.2, -0.15) is 0 Å². The Labute approximate surface area is 104 Å². The van der Waals surface area contributed by atoms with Gasteiger partial charge < -0.3 is 9.47 Å². The van der Waals surface area contributed by atoms with Crippen LogP contribution in [0.25, 0.3) is 0 Å². The number of rotatable bonds is 2. The highest BCUT2D eigenvalue weighted by Crippen LogP contribution is 2.17. The van der Waals surface area contributed by atoms with Crippen LogP contribution in [0.2, 0.25) is 0 Å². The molecule has 3 nitrogen and oxygen atoms in total. The van der Waals surface area contributed by atoms with Crippen LogP contribution in [0.5, 0.6) is 5.75 Å². The third kappa shape index (κ3) is 9.33. The second-order valence-electron chi connectivity index (χ2n) is 3.16. The average molecular weight is 238 g/mol. The first-order valence-corrected chi connectivity index (χ1v) is 5.18. The van der Waals surface area contributed by atoms with Crippen LogP contribution in [-0.4, -0.2) is 27.6 Å². The molecule has 0 aliphatic heterocycles. The number of hydrogen-bond donors (Lipinski definition) is 0. The van der Waals surface area contributed by atoms with Crippen molar-refractivity contribution in [1.29, 1.82) is 0 Å². The van der Waals surface area contributed by atoms with E-state index >= 15 is 0 Å². The molecule has 0 saturated carbocycles. The van der Waals surface area contributed by atoms with Gasteiger partial charge in [0.1, 0.15) is 12.0 Å². The average Bonchev–Trinajstić information content (AvgIpc) is 2.31. The predicted molar refractivity (Wildman–Crippen MR) is 71.9 cm³/mol. The number of allylic oxidation sites excluding steroid dienone is 1. The van der Waals surface area contributed by atoms with Crippen molar-refractivity contribution >= 4 is 6.29 Å². The number of methoxy groups -OCH3 is 2. The molecule has 0 aromatic heterocycles. The molecule has 0 spiro atoms. The molecular weight excluding hydrogens is 216 g/mol. The predicted octanol–water partition coefficient (Wildman–Crippen LogP) is 3.27. The van der Waals surface area contributed by atoms with E-state index in [9.17, 15) is 4.79 Å². The summed E-state index contributed by atoms with van der Waals surface area (Å²) in [5.74, 6) is 0.815. The zero-order valence-corrected chi connectivity index (χ0v) is 11.3. The minimum absolute atomic E-state index is 0.684. The second-order valence-corrected chi connectivity index (χ2v) is 3.16. The zero-order chi connectivity index (χ0) is 13.7. The summed E-state index contributed by atoms with van der Waals surface area (Å²) in [5, 5.41) is 0. The van der Waals surface area contributed by atoms with Gasteiger partial charge in [0, 0.05) is 19.8 Å². The minimum atomic E-state index is 0.684. The fourth-order valence-electron chi connectivity index (χ4n) is 0.975. The zero-order valence-electron chi connectivity index (χ0n) is 11.3. The van der Waals surface area contributed by atoms with E-state index in [1.807, 2.05) is 13.8 Å². The molecule has 0 atom stereocenters. The van der Waals surface area contributed by atoms with Gasteiger partial charge in [0.05, 0.1) is 7.11 Å². The number of hydrogen-bond acceptors (Lipinski definition) is 3. The Balaban J connectivity index is 0. The van der Waals surface area contributed by atoms with Crippen molar-refractivity contribution in [2.75, 3.05) is 21.3 Å². The molecule has 0 unspecified atom stereocenters. The number of aryl methyl sites for hydroxylation is 1. The molecule has 0 fully saturated rings. The molecule has 17 heavy (non-hydrogen) atoms. The normalized spacial score (nSPS) is 7.82. The highest BCUT2D eigenvalue weighted by Gasteiger charge is 1.97. The summed E-state index contributed by atoms with van der Waals surface area (Å²) in [6.07, 6.45) is 2.58. The van der Waals surface area contributed by atoms with Gasteiger partial charge in [-0.25, -0.2) is 0 Å². The lowest BCUT2D eigenvalue weighted by Crippen LogP contribution is -1.88. The second kappa shape index (κ2) is 12.5. The fraction of sp³-hybridized carbons (Fsp3) is 0.357. The van der Waals surface area contributed by atoms with E-state index in [1.165, 1.54) is 0 Å². The number of benzene rings is 1. The third-order valence-electron chi connectivity index (χ3n) is 1.55. The van der Waals surface area contributed by atoms with E-state index < -0.39 is 0 Å². The van der Waals surface area contributed by atoms with Crippen LogP contribution in [0.3, 0.4) is 0 Å². The monoisotopic (exact) mass is 238 g/mol. The van der Waals surface area contributed by atoms with Crippen LogP contribution in [0, 0.1) is 6.92 Å². The maximum atomic E-state index is 10.3. The number of aldehydes is 1. The van der Waals surface area contributed by atoms with Gasteiger partial charge in [0.2, 0.25) is 0 Å². The highest BCUT2D eigenvalue weighted by atomic mass is 16.5. The maximum Gasteiger partial charge on any atom is 0.150 e. The summed E-state index contributed by atoms with van der Waals surface area (Å²) in [4.78, 5) is 10.3. The lowest BCUT2D eigenvalue weighted by Gasteiger charge is -2.03. The van der Waals surface area contributed by atoms with Gasteiger partial charge in [-0.05, 0) is 37.6 Å². The molecule has 0 radical (unpaired) electrons. The summed E-state index contributed by atoms with van der Waals surface area (Å²) in [6, 6.07) is 5.32. The van der Waals surface area contributed by atoms with Gasteiger partial charge >= 0.3 is 0 Å². The smallest absolute Gasteiger partial charge is 0.150 e. The maximum absolute atomic E-state index is 10.3. The van der Waals surface area contributed by atoms with E-state index in [0.29, 0.717) is 5.56 Å². The lowest BCUT2D eigenvalue weighted by molar-refractivity contribution is 0.112. The van der Waals surface area contributed by atoms with Gasteiger partial charge in [-0.3, -0.25) is 4.79 Å². The number of carbonyl (C=O) groups is 1. The van der Waals surface area contributed by atoms with Crippen LogP contribution in [0.15, 0.2) is 30.9 Å². The first-order valence-electron chi connectivity index (χ1n) is 5.18. The third-order valence-corrected chi connectivity index (χ3v) is 1.55. The molecule has 96 valence electrons. The van der Waals surface area contributed by atoms with Gasteiger partial charge in [0.15, 0.2) is 0 Å². The summed E-state index contributed by atoms with van der Waals surface area (Å²) < 4.78 is 9.28. The van der Waals surface area contributed by atoms with Crippen molar-refractivity contribution < 1.29 is 14.3 Å². The Morgan fingerprint density at radius 2 is 1.71 bits per heavy atom. The van der Waals surface area contributed by atoms with Gasteiger partial charge in [0.25, 0.3) is 0 Å². The Bertz CT molecular complexity index is 319. The van der Waals surface area contributed by atoms with Crippen LogP contribution in [-0.2, 0) is 4.74 Å². The Kier molecular flexibility index (Phi) is 13.0. The molecule has 1 aromatic carbocycles. The standard InChI is InChI=1S/C9H10O2.C3H6.C2H6O/c1-7-5-8(6-10)3-4-9(7)11-2;2*1-3-2/h3-6H,1-2H3;3H,1H2,2H3;1-2H3. The van der Waals surface area contributed by atoms with Gasteiger partial charge in [-0.15, -0.1) is 6.58 Å². The fourth-order valence-corrected chi connectivity index (χ4v) is 0.975. The molecule has 0 aliphatic carbocycles. The molecule has 0 N–H and O–H groups in total. The first kappa shape index (κ1) is 17.8. The molecule has 0 aliphatic rings. The Morgan fingerprint density at radius 1 is 1.24 bits per heavy atom. The van der Waals surface area contributed by atoms with E-state index in [2.05, 4.69) is 11.3 Å². The molecule has 1 aromatic rings. The van der Waals surface area contributed by atoms with E-state index in [1.54, 1.807) is 45.6 Å². The number of carbonyl (C=O) groups excluding carboxylic acids is 1. The van der Waals surface area contributed by atoms with E-state index in [4.69, 9.17) is 4.74 Å². The lowest BCUT2D eigenvalue weighted by atomic mass is 10.1. The molecule has 0 heterocycles. The van der Waals surface area contributed by atoms with Crippen molar-refractivity contribution in [2.24, 2.45) is 0 Å². The quantitative estimate of drug-likeness (QED) is 0.586. The molecule has 0 amide bonds. The van der Waals surface area contributed by atoms with Crippen molar-refractivity contribution in [2.45, 2.75) is 13.8 Å². The summed E-state index contributed by atoms with van der Waals surface area (Å²) >= 11 is 0. The van der Waals surface area contributed by atoms with Crippen molar-refractivity contribution in [3.8, 4) is 5.75 Å². The summed E-state index contributed by atoms with van der Waals surface area (Å²) in [5.41, 5.74) is 1.67. The molecule has 0 bridgehead atoms. The van der Waals surface area contributed by atoms with Crippen LogP contribution in [0.1, 0.15) is 22.8 Å². The summed E-state index contributed by atoms with van der Waals surface area (Å²) in [6.45, 7) is 7.16. The van der Waals surface area contributed by atoms with Crippen LogP contribution >= 0.6 is 0 Å². The van der Waals surface area contributed by atoms with Crippen molar-refractivity contribution in [3.05, 3.63) is 42.0 Å². The van der Waals surface area contributed by atoms with Crippen LogP contribution < -0.4 is 4.74 Å². The van der Waals surface area contributed by atoms with E-state index in [-0.39, 0.29) is 0 Å². The SMILES string of the molecule is C=CC.COC.COc1ccc(C=O)cc1C.